The van der Waals surface area contributed by atoms with Crippen molar-refractivity contribution in [2.45, 2.75) is 112 Å². The quantitative estimate of drug-likeness (QED) is 0.747. The van der Waals surface area contributed by atoms with Crippen LogP contribution < -0.4 is 0 Å². The van der Waals surface area contributed by atoms with Gasteiger partial charge in [0.15, 0.2) is 11.6 Å². The summed E-state index contributed by atoms with van der Waals surface area (Å²) in [5.41, 5.74) is 0. The van der Waals surface area contributed by atoms with E-state index in [-0.39, 0.29) is 36.6 Å². The van der Waals surface area contributed by atoms with Gasteiger partial charge in [0.05, 0.1) is 0 Å². The SMILES string of the molecule is COC1[C@H]2OC3(CCCCC3)O[C@@H]2C(OC)[C@@H]2OC3(CCCCC3)O[C@H]12. The Morgan fingerprint density at radius 2 is 0.846 bits per heavy atom. The van der Waals surface area contributed by atoms with Gasteiger partial charge in [-0.1, -0.05) is 12.8 Å². The average Bonchev–Trinajstić information content (AvgIpc) is 3.19. The molecule has 6 nitrogen and oxygen atoms in total. The van der Waals surface area contributed by atoms with Crippen LogP contribution in [0.1, 0.15) is 64.2 Å². The summed E-state index contributed by atoms with van der Waals surface area (Å²) in [6.07, 6.45) is 9.92. The summed E-state index contributed by atoms with van der Waals surface area (Å²) in [6, 6.07) is 0. The van der Waals surface area contributed by atoms with Gasteiger partial charge < -0.3 is 28.4 Å². The van der Waals surface area contributed by atoms with Crippen molar-refractivity contribution in [3.8, 4) is 0 Å². The molecule has 148 valence electrons. The second-order valence-corrected chi connectivity index (χ2v) is 8.67. The summed E-state index contributed by atoms with van der Waals surface area (Å²) in [4.78, 5) is 0. The minimum atomic E-state index is -0.470. The van der Waals surface area contributed by atoms with Crippen LogP contribution in [-0.2, 0) is 28.4 Å². The highest BCUT2D eigenvalue weighted by Crippen LogP contribution is 2.51. The molecule has 0 aromatic heterocycles. The molecule has 2 aliphatic heterocycles. The molecule has 6 atom stereocenters. The maximum Gasteiger partial charge on any atom is 0.169 e. The summed E-state index contributed by atoms with van der Waals surface area (Å²) in [6.45, 7) is 0. The van der Waals surface area contributed by atoms with E-state index in [2.05, 4.69) is 0 Å². The van der Waals surface area contributed by atoms with Crippen molar-refractivity contribution in [2.24, 2.45) is 0 Å². The van der Waals surface area contributed by atoms with E-state index in [4.69, 9.17) is 28.4 Å². The van der Waals surface area contributed by atoms with Gasteiger partial charge in [0, 0.05) is 39.9 Å². The number of methoxy groups -OCH3 is 2. The molecule has 0 aromatic rings. The average molecular weight is 368 g/mol. The van der Waals surface area contributed by atoms with Crippen LogP contribution in [0, 0.1) is 0 Å². The minimum absolute atomic E-state index is 0.161. The minimum Gasteiger partial charge on any atom is -0.376 e. The van der Waals surface area contributed by atoms with Crippen molar-refractivity contribution in [3.05, 3.63) is 0 Å². The molecule has 3 saturated carbocycles. The maximum atomic E-state index is 6.55. The molecule has 6 heteroatoms. The molecule has 3 aliphatic carbocycles. The van der Waals surface area contributed by atoms with E-state index in [1.165, 1.54) is 12.8 Å². The fourth-order valence-electron chi connectivity index (χ4n) is 5.89. The van der Waals surface area contributed by atoms with Crippen LogP contribution in [-0.4, -0.2) is 62.4 Å². The number of rotatable bonds is 2. The number of hydrogen-bond donors (Lipinski definition) is 0. The third kappa shape index (κ3) is 2.68. The highest BCUT2D eigenvalue weighted by atomic mass is 16.8. The Balaban J connectivity index is 1.43. The molecule has 0 amide bonds. The molecular formula is C20H32O6. The van der Waals surface area contributed by atoms with E-state index in [0.717, 1.165) is 51.4 Å². The number of ether oxygens (including phenoxy) is 6. The van der Waals surface area contributed by atoms with Crippen LogP contribution >= 0.6 is 0 Å². The molecule has 26 heavy (non-hydrogen) atoms. The van der Waals surface area contributed by atoms with Crippen LogP contribution in [0.15, 0.2) is 0 Å². The summed E-state index contributed by atoms with van der Waals surface area (Å²) in [5, 5.41) is 0. The van der Waals surface area contributed by atoms with Gasteiger partial charge in [0.1, 0.15) is 36.6 Å². The normalized spacial score (nSPS) is 46.4. The topological polar surface area (TPSA) is 55.4 Å². The van der Waals surface area contributed by atoms with Crippen LogP contribution in [0.25, 0.3) is 0 Å². The van der Waals surface area contributed by atoms with Gasteiger partial charge in [0.25, 0.3) is 0 Å². The van der Waals surface area contributed by atoms with Gasteiger partial charge in [-0.15, -0.1) is 0 Å². The van der Waals surface area contributed by atoms with Gasteiger partial charge in [-0.2, -0.15) is 0 Å². The zero-order valence-electron chi connectivity index (χ0n) is 16.0. The van der Waals surface area contributed by atoms with Crippen LogP contribution in [0.5, 0.6) is 0 Å². The Morgan fingerprint density at radius 1 is 0.538 bits per heavy atom. The third-order valence-electron chi connectivity index (χ3n) is 7.12. The molecule has 2 spiro atoms. The molecule has 0 N–H and O–H groups in total. The van der Waals surface area contributed by atoms with Crippen molar-refractivity contribution >= 4 is 0 Å². The molecule has 2 heterocycles. The number of hydrogen-bond acceptors (Lipinski definition) is 6. The highest BCUT2D eigenvalue weighted by Gasteiger charge is 2.66. The van der Waals surface area contributed by atoms with E-state index in [1.807, 2.05) is 0 Å². The van der Waals surface area contributed by atoms with Crippen molar-refractivity contribution in [1.82, 2.24) is 0 Å². The fourth-order valence-corrected chi connectivity index (χ4v) is 5.89. The van der Waals surface area contributed by atoms with Crippen LogP contribution in [0.4, 0.5) is 0 Å². The first-order valence-corrected chi connectivity index (χ1v) is 10.5. The first kappa shape index (κ1) is 17.8. The van der Waals surface area contributed by atoms with Gasteiger partial charge in [-0.3, -0.25) is 0 Å². The van der Waals surface area contributed by atoms with Gasteiger partial charge in [-0.05, 0) is 25.7 Å². The van der Waals surface area contributed by atoms with Crippen LogP contribution in [0.3, 0.4) is 0 Å². The van der Waals surface area contributed by atoms with Gasteiger partial charge in [-0.25, -0.2) is 0 Å². The molecule has 0 bridgehead atoms. The lowest BCUT2D eigenvalue weighted by atomic mass is 9.85. The molecular weight excluding hydrogens is 336 g/mol. The first-order chi connectivity index (χ1) is 12.7. The molecule has 5 fully saturated rings. The Hall–Kier alpha value is -0.240. The number of fused-ring (bicyclic) bond motifs is 2. The molecule has 5 rings (SSSR count). The lowest BCUT2D eigenvalue weighted by molar-refractivity contribution is -0.226. The standard InChI is InChI=1S/C20H32O6/c1-21-13-15-17(25-19(23-15)9-5-3-6-10-19)14(22-2)18-16(13)24-20(26-18)11-7-4-8-12-20/h13-18H,3-12H2,1-2H3/t13?,14?,15-,16-,17-,18+/m1/s1. The van der Waals surface area contributed by atoms with Crippen molar-refractivity contribution in [1.29, 1.82) is 0 Å². The summed E-state index contributed by atoms with van der Waals surface area (Å²) in [7, 11) is 3.49. The molecule has 2 unspecified atom stereocenters. The Morgan fingerprint density at radius 3 is 1.12 bits per heavy atom. The largest absolute Gasteiger partial charge is 0.376 e. The van der Waals surface area contributed by atoms with E-state index in [9.17, 15) is 0 Å². The molecule has 2 saturated heterocycles. The maximum absolute atomic E-state index is 6.55. The zero-order valence-corrected chi connectivity index (χ0v) is 16.0. The highest BCUT2D eigenvalue weighted by molar-refractivity contribution is 5.10. The lowest BCUT2D eigenvalue weighted by Crippen LogP contribution is -2.62. The monoisotopic (exact) mass is 368 g/mol. The zero-order chi connectivity index (χ0) is 17.8. The predicted octanol–water partition coefficient (Wildman–Crippen LogP) is 2.92. The molecule has 0 aromatic carbocycles. The Bertz CT molecular complexity index is 438. The van der Waals surface area contributed by atoms with E-state index in [0.29, 0.717) is 0 Å². The Kier molecular flexibility index (Phi) is 4.58. The summed E-state index contributed by atoms with van der Waals surface area (Å²) in [5.74, 6) is -0.940. The van der Waals surface area contributed by atoms with Gasteiger partial charge >= 0.3 is 0 Å². The third-order valence-corrected chi connectivity index (χ3v) is 7.12. The van der Waals surface area contributed by atoms with Crippen molar-refractivity contribution < 1.29 is 28.4 Å². The Labute approximate surface area is 155 Å². The molecule has 0 radical (unpaired) electrons. The van der Waals surface area contributed by atoms with E-state index < -0.39 is 11.6 Å². The predicted molar refractivity (Wildman–Crippen MR) is 92.7 cm³/mol. The van der Waals surface area contributed by atoms with Gasteiger partial charge in [0.2, 0.25) is 0 Å². The van der Waals surface area contributed by atoms with Crippen molar-refractivity contribution in [2.75, 3.05) is 14.2 Å². The van der Waals surface area contributed by atoms with E-state index in [1.54, 1.807) is 14.2 Å². The summed E-state index contributed by atoms with van der Waals surface area (Å²) >= 11 is 0. The van der Waals surface area contributed by atoms with Crippen LogP contribution in [0.2, 0.25) is 0 Å². The first-order valence-electron chi connectivity index (χ1n) is 10.5. The molecule has 5 aliphatic rings. The fraction of sp³-hybridized carbons (Fsp3) is 1.00. The lowest BCUT2D eigenvalue weighted by Gasteiger charge is -2.41. The second kappa shape index (κ2) is 6.68. The van der Waals surface area contributed by atoms with E-state index >= 15 is 0 Å². The second-order valence-electron chi connectivity index (χ2n) is 8.67. The summed E-state index contributed by atoms with van der Waals surface area (Å²) < 4.78 is 38.0. The smallest absolute Gasteiger partial charge is 0.169 e. The van der Waals surface area contributed by atoms with Crippen molar-refractivity contribution in [3.63, 3.8) is 0 Å².